The molecule has 0 saturated heterocycles. The van der Waals surface area contributed by atoms with Crippen molar-refractivity contribution in [1.82, 2.24) is 15.5 Å². The minimum absolute atomic E-state index is 0.0815. The fourth-order valence-corrected chi connectivity index (χ4v) is 3.50. The summed E-state index contributed by atoms with van der Waals surface area (Å²) < 4.78 is 43.8. The summed E-state index contributed by atoms with van der Waals surface area (Å²) in [4.78, 5) is 11.6. The smallest absolute Gasteiger partial charge is 0.451 e. The van der Waals surface area contributed by atoms with Gasteiger partial charge < -0.3 is 10.1 Å². The van der Waals surface area contributed by atoms with Crippen LogP contribution in [0.25, 0.3) is 0 Å². The van der Waals surface area contributed by atoms with Crippen molar-refractivity contribution in [3.63, 3.8) is 0 Å². The second-order valence-corrected chi connectivity index (χ2v) is 7.60. The molecular formula is C25H20F3N3O2. The lowest BCUT2D eigenvalue weighted by Crippen LogP contribution is -2.43. The molecule has 1 aliphatic heterocycles. The summed E-state index contributed by atoms with van der Waals surface area (Å²) in [5, 5.41) is 10.8. The molecule has 3 aromatic rings. The van der Waals surface area contributed by atoms with Crippen molar-refractivity contribution in [2.75, 3.05) is 0 Å². The molecule has 0 radical (unpaired) electrons. The van der Waals surface area contributed by atoms with E-state index in [1.54, 1.807) is 18.2 Å². The van der Waals surface area contributed by atoms with Gasteiger partial charge in [-0.25, -0.2) is 0 Å². The molecule has 1 N–H and O–H groups in total. The normalized spacial score (nSPS) is 15.5. The van der Waals surface area contributed by atoms with Crippen LogP contribution in [0.4, 0.5) is 13.2 Å². The first-order valence-corrected chi connectivity index (χ1v) is 10.4. The van der Waals surface area contributed by atoms with Gasteiger partial charge in [-0.05, 0) is 53.7 Å². The number of aryl methyl sites for hydroxylation is 1. The Balaban J connectivity index is 1.39. The zero-order chi connectivity index (χ0) is 23.3. The van der Waals surface area contributed by atoms with Crippen molar-refractivity contribution in [2.24, 2.45) is 0 Å². The Kier molecular flexibility index (Phi) is 6.71. The highest BCUT2D eigenvalue weighted by atomic mass is 19.4. The molecule has 0 bridgehead atoms. The number of alkyl halides is 3. The lowest BCUT2D eigenvalue weighted by atomic mass is 9.99. The molecule has 0 saturated carbocycles. The molecule has 0 aliphatic carbocycles. The first-order chi connectivity index (χ1) is 15.9. The molecule has 2 heterocycles. The molecule has 1 atom stereocenters. The summed E-state index contributed by atoms with van der Waals surface area (Å²) in [6.45, 7) is 0.589. The minimum atomic E-state index is -4.84. The Hall–Kier alpha value is -3.70. The summed E-state index contributed by atoms with van der Waals surface area (Å²) in [6.07, 6.45) is -4.40. The number of hydrogen-bond donors (Lipinski definition) is 1. The number of carbonyl (C=O) groups excluding carboxylic acids is 1. The number of carbonyl (C=O) groups is 1. The van der Waals surface area contributed by atoms with E-state index >= 15 is 0 Å². The second-order valence-electron chi connectivity index (χ2n) is 7.60. The number of benzene rings is 2. The number of hydrogen-bond acceptors (Lipinski definition) is 5. The maximum atomic E-state index is 12.7. The van der Waals surface area contributed by atoms with E-state index in [0.717, 1.165) is 16.7 Å². The van der Waals surface area contributed by atoms with Gasteiger partial charge in [-0.1, -0.05) is 42.3 Å². The Morgan fingerprint density at radius 1 is 1.03 bits per heavy atom. The number of ketones is 1. The van der Waals surface area contributed by atoms with Crippen LogP contribution in [-0.2, 0) is 24.4 Å². The molecule has 33 heavy (non-hydrogen) atoms. The molecule has 1 aromatic heterocycles. The van der Waals surface area contributed by atoms with Crippen LogP contribution in [0, 0.1) is 11.8 Å². The molecule has 0 spiro atoms. The maximum Gasteiger partial charge on any atom is 0.451 e. The Morgan fingerprint density at radius 2 is 1.85 bits per heavy atom. The first-order valence-electron chi connectivity index (χ1n) is 10.4. The second kappa shape index (κ2) is 9.84. The predicted molar refractivity (Wildman–Crippen MR) is 115 cm³/mol. The number of nitrogens with one attached hydrogen (secondary N) is 1. The maximum absolute atomic E-state index is 12.7. The van der Waals surface area contributed by atoms with Crippen LogP contribution in [0.1, 0.15) is 34.4 Å². The Morgan fingerprint density at radius 3 is 2.58 bits per heavy atom. The molecule has 1 aliphatic rings. The standard InChI is InChI=1S/C25H20F3N3O2/c26-25(27,28)24(32)22-12-9-19-14-17(6-8-20(19)15-29-22)7-10-21-11-13-23(31-30-21)33-16-18-4-2-1-3-5-18/h1-6,8,11,13-14,22,29H,9,12,15-16H2. The van der Waals surface area contributed by atoms with Gasteiger partial charge in [0.1, 0.15) is 12.3 Å². The van der Waals surface area contributed by atoms with Crippen LogP contribution >= 0.6 is 0 Å². The van der Waals surface area contributed by atoms with Crippen LogP contribution in [0.3, 0.4) is 0 Å². The van der Waals surface area contributed by atoms with Gasteiger partial charge in [-0.15, -0.1) is 10.2 Å². The largest absolute Gasteiger partial charge is 0.472 e. The molecule has 4 rings (SSSR count). The third-order valence-electron chi connectivity index (χ3n) is 5.25. The number of nitrogens with zero attached hydrogens (tertiary/aromatic N) is 2. The third-order valence-corrected chi connectivity index (χ3v) is 5.25. The molecule has 0 fully saturated rings. The van der Waals surface area contributed by atoms with Crippen molar-refractivity contribution in [2.45, 2.75) is 38.2 Å². The topological polar surface area (TPSA) is 64.1 Å². The zero-order valence-electron chi connectivity index (χ0n) is 17.5. The lowest BCUT2D eigenvalue weighted by molar-refractivity contribution is -0.173. The van der Waals surface area contributed by atoms with Gasteiger partial charge in [0, 0.05) is 18.2 Å². The average Bonchev–Trinajstić information content (AvgIpc) is 3.04. The van der Waals surface area contributed by atoms with Gasteiger partial charge in [-0.2, -0.15) is 13.2 Å². The van der Waals surface area contributed by atoms with Gasteiger partial charge in [0.25, 0.3) is 5.78 Å². The van der Waals surface area contributed by atoms with Crippen LogP contribution in [0.15, 0.2) is 60.7 Å². The predicted octanol–water partition coefficient (Wildman–Crippen LogP) is 3.99. The van der Waals surface area contributed by atoms with Gasteiger partial charge in [0.05, 0.1) is 6.04 Å². The fraction of sp³-hybridized carbons (Fsp3) is 0.240. The van der Waals surface area contributed by atoms with E-state index in [2.05, 4.69) is 27.4 Å². The third kappa shape index (κ3) is 5.96. The van der Waals surface area contributed by atoms with E-state index in [4.69, 9.17) is 4.74 Å². The van der Waals surface area contributed by atoms with E-state index in [0.29, 0.717) is 30.2 Å². The average molecular weight is 451 g/mol. The molecule has 5 nitrogen and oxygen atoms in total. The number of rotatable bonds is 4. The highest BCUT2D eigenvalue weighted by Gasteiger charge is 2.43. The highest BCUT2D eigenvalue weighted by Crippen LogP contribution is 2.24. The van der Waals surface area contributed by atoms with Gasteiger partial charge >= 0.3 is 6.18 Å². The Bertz CT molecular complexity index is 1180. The zero-order valence-corrected chi connectivity index (χ0v) is 17.5. The molecule has 0 amide bonds. The van der Waals surface area contributed by atoms with Crippen molar-refractivity contribution in [3.8, 4) is 17.7 Å². The van der Waals surface area contributed by atoms with Crippen LogP contribution in [0.2, 0.25) is 0 Å². The molecule has 8 heteroatoms. The van der Waals surface area contributed by atoms with Crippen molar-refractivity contribution in [1.29, 1.82) is 0 Å². The lowest BCUT2D eigenvalue weighted by Gasteiger charge is -2.15. The fourth-order valence-electron chi connectivity index (χ4n) is 3.50. The van der Waals surface area contributed by atoms with Gasteiger partial charge in [0.15, 0.2) is 0 Å². The number of ether oxygens (including phenoxy) is 1. The number of halogens is 3. The summed E-state index contributed by atoms with van der Waals surface area (Å²) in [5.41, 5.74) is 3.94. The molecular weight excluding hydrogens is 431 g/mol. The van der Waals surface area contributed by atoms with Crippen molar-refractivity contribution >= 4 is 5.78 Å². The van der Waals surface area contributed by atoms with Gasteiger partial charge in [-0.3, -0.25) is 4.79 Å². The summed E-state index contributed by atoms with van der Waals surface area (Å²) in [6, 6.07) is 17.3. The first kappa shape index (κ1) is 22.5. The SMILES string of the molecule is O=C(C1CCc2cc(C#Cc3ccc(OCc4ccccc4)nn3)ccc2CN1)C(F)(F)F. The minimum Gasteiger partial charge on any atom is -0.472 e. The van der Waals surface area contributed by atoms with E-state index in [1.807, 2.05) is 42.5 Å². The van der Waals surface area contributed by atoms with Crippen LogP contribution in [0.5, 0.6) is 5.88 Å². The van der Waals surface area contributed by atoms with Crippen LogP contribution in [-0.4, -0.2) is 28.2 Å². The molecule has 1 unspecified atom stereocenters. The summed E-state index contributed by atoms with van der Waals surface area (Å²) in [7, 11) is 0. The number of fused-ring (bicyclic) bond motifs is 1. The highest BCUT2D eigenvalue weighted by molar-refractivity contribution is 5.89. The number of Topliss-reactive ketones (excluding diaryl/α,β-unsaturated/α-hetero) is 1. The molecule has 168 valence electrons. The van der Waals surface area contributed by atoms with Crippen molar-refractivity contribution < 1.29 is 22.7 Å². The van der Waals surface area contributed by atoms with E-state index in [1.165, 1.54) is 0 Å². The van der Waals surface area contributed by atoms with Gasteiger partial charge in [0.2, 0.25) is 5.88 Å². The molecule has 2 aromatic carbocycles. The van der Waals surface area contributed by atoms with E-state index in [9.17, 15) is 18.0 Å². The monoisotopic (exact) mass is 451 g/mol. The number of aromatic nitrogens is 2. The van der Waals surface area contributed by atoms with E-state index < -0.39 is 18.0 Å². The Labute approximate surface area is 189 Å². The van der Waals surface area contributed by atoms with Crippen molar-refractivity contribution in [3.05, 3.63) is 88.6 Å². The quantitative estimate of drug-likeness (QED) is 0.608. The summed E-state index contributed by atoms with van der Waals surface area (Å²) in [5.74, 6) is 4.60. The summed E-state index contributed by atoms with van der Waals surface area (Å²) >= 11 is 0. The van der Waals surface area contributed by atoms with E-state index in [-0.39, 0.29) is 13.0 Å². The van der Waals surface area contributed by atoms with Crippen LogP contribution < -0.4 is 10.1 Å².